The summed E-state index contributed by atoms with van der Waals surface area (Å²) in [7, 11) is -2.56. The van der Waals surface area contributed by atoms with Crippen LogP contribution in [0.4, 0.5) is 4.79 Å². The topological polar surface area (TPSA) is 241 Å². The Balaban J connectivity index is 1.23. The Bertz CT molecular complexity index is 2470. The van der Waals surface area contributed by atoms with Gasteiger partial charge in [0.25, 0.3) is 0 Å². The fourth-order valence-corrected chi connectivity index (χ4v) is 8.84. The zero-order valence-corrected chi connectivity index (χ0v) is 43.4. The molecule has 0 spiro atoms. The molecule has 5 rings (SSSR count). The van der Waals surface area contributed by atoms with Gasteiger partial charge in [-0.1, -0.05) is 64.4 Å². The summed E-state index contributed by atoms with van der Waals surface area (Å²) in [6, 6.07) is 12.1. The average Bonchev–Trinajstić information content (AvgIpc) is 4.34. The molecule has 2 N–H and O–H groups in total. The molecule has 0 bridgehead atoms. The van der Waals surface area contributed by atoms with Gasteiger partial charge in [0.15, 0.2) is 18.3 Å². The lowest BCUT2D eigenvalue weighted by Gasteiger charge is -2.36. The van der Waals surface area contributed by atoms with Crippen LogP contribution in [-0.2, 0) is 74.6 Å². The number of pyridine rings is 1. The summed E-state index contributed by atoms with van der Waals surface area (Å²) in [5, 5.41) is 5.65. The molecule has 2 aromatic carbocycles. The number of unbranched alkanes of at least 4 members (excludes halogenated alkanes) is 1. The Morgan fingerprint density at radius 3 is 2.04 bits per heavy atom. The molecule has 0 radical (unpaired) electrons. The monoisotopic (exact) mass is 1040 g/mol. The lowest BCUT2D eigenvalue weighted by atomic mass is 9.96. The zero-order valence-electron chi connectivity index (χ0n) is 41.8. The SMILES string of the molecule is CCC(=O)OC[C@H](NC(=O)NCCCCN(C)S(=O)(=O)c1ccc(Cl)c(COC2(c3cnccc3-c3ccccc3OC3CC3)CC2)c1)[C@@H](OC(=O)CC)[C@H](OC(=O)CC)[C@@H](COC(=O)CC)OC(=O)CC. The number of esters is 5. The fraction of sp³-hybridized carbons (Fsp3) is 0.549. The van der Waals surface area contributed by atoms with Crippen molar-refractivity contribution < 1.29 is 70.3 Å². The van der Waals surface area contributed by atoms with E-state index in [4.69, 9.17) is 44.8 Å². The lowest BCUT2D eigenvalue weighted by molar-refractivity contribution is -0.195. The standard InChI is InChI=1S/C51H67ClN4O15S/c1-7-43(57)65-31-40(48(70-46(60)10-4)49(71-47(61)11-5)42(69-45(59)9-3)32-66-44(58)8-2)55-50(62)54-25-14-15-27-56(6)72(63,64)35-20-21-39(52)33(28-35)30-67-51(23-24-51)38-29-53-26-22-36(38)37-16-12-13-17-41(37)68-34-18-19-34/h12-13,16-17,20-22,26,28-29,34,40,42,48-49H,7-11,14-15,18-19,23-25,27,30-32H2,1-6H3,(H2,54,55,62)/t40-,42+,48+,49+/m0/s1. The van der Waals surface area contributed by atoms with Crippen molar-refractivity contribution in [1.82, 2.24) is 19.9 Å². The number of hydrogen-bond acceptors (Lipinski definition) is 16. The van der Waals surface area contributed by atoms with Crippen LogP contribution >= 0.6 is 11.6 Å². The highest BCUT2D eigenvalue weighted by molar-refractivity contribution is 7.89. The molecule has 19 nitrogen and oxygen atoms in total. The second-order valence-electron chi connectivity index (χ2n) is 17.4. The van der Waals surface area contributed by atoms with E-state index < -0.39 is 89.1 Å². The molecule has 72 heavy (non-hydrogen) atoms. The van der Waals surface area contributed by atoms with Crippen LogP contribution in [0.2, 0.25) is 5.02 Å². The number of ether oxygens (including phenoxy) is 7. The highest BCUT2D eigenvalue weighted by atomic mass is 35.5. The first-order valence-electron chi connectivity index (χ1n) is 24.5. The molecular formula is C51H67ClN4O15S. The van der Waals surface area contributed by atoms with Gasteiger partial charge in [-0.05, 0) is 80.0 Å². The summed E-state index contributed by atoms with van der Waals surface area (Å²) in [4.78, 5) is 80.9. The first kappa shape index (κ1) is 57.1. The predicted octanol–water partition coefficient (Wildman–Crippen LogP) is 7.09. The number of carbonyl (C=O) groups is 6. The Hall–Kier alpha value is -5.83. The Morgan fingerprint density at radius 1 is 0.778 bits per heavy atom. The first-order chi connectivity index (χ1) is 34.5. The van der Waals surface area contributed by atoms with Crippen molar-refractivity contribution in [1.29, 1.82) is 0 Å². The second kappa shape index (κ2) is 27.3. The minimum Gasteiger partial charge on any atom is -0.490 e. The van der Waals surface area contributed by atoms with Crippen molar-refractivity contribution in [3.8, 4) is 16.9 Å². The molecular weight excluding hydrogens is 976 g/mol. The summed E-state index contributed by atoms with van der Waals surface area (Å²) in [6.45, 7) is 6.57. The van der Waals surface area contributed by atoms with Crippen LogP contribution in [0.15, 0.2) is 65.8 Å². The summed E-state index contributed by atoms with van der Waals surface area (Å²) in [5.41, 5.74) is 2.67. The van der Waals surface area contributed by atoms with Crippen LogP contribution in [0, 0.1) is 0 Å². The molecule has 1 heterocycles. The van der Waals surface area contributed by atoms with Gasteiger partial charge >= 0.3 is 35.9 Å². The van der Waals surface area contributed by atoms with Gasteiger partial charge in [-0.15, -0.1) is 0 Å². The number of halogens is 1. The van der Waals surface area contributed by atoms with Crippen LogP contribution in [-0.4, -0.2) is 117 Å². The number of aromatic nitrogens is 1. The number of carbonyl (C=O) groups excluding carboxylic acids is 6. The minimum absolute atomic E-state index is 0.0230. The van der Waals surface area contributed by atoms with Gasteiger partial charge in [0, 0.05) is 80.8 Å². The average molecular weight is 1040 g/mol. The molecule has 2 aliphatic carbocycles. The molecule has 2 aliphatic rings. The second-order valence-corrected chi connectivity index (χ2v) is 19.8. The van der Waals surface area contributed by atoms with Crippen molar-refractivity contribution in [3.63, 3.8) is 0 Å². The van der Waals surface area contributed by atoms with Crippen molar-refractivity contribution in [2.45, 2.75) is 153 Å². The van der Waals surface area contributed by atoms with E-state index in [2.05, 4.69) is 15.6 Å². The Morgan fingerprint density at radius 2 is 1.40 bits per heavy atom. The number of urea groups is 1. The van der Waals surface area contributed by atoms with Crippen LogP contribution in [0.5, 0.6) is 5.75 Å². The third kappa shape index (κ3) is 16.3. The van der Waals surface area contributed by atoms with Gasteiger partial charge in [-0.2, -0.15) is 0 Å². The summed E-state index contributed by atoms with van der Waals surface area (Å²) < 4.78 is 69.4. The van der Waals surface area contributed by atoms with E-state index in [1.54, 1.807) is 20.0 Å². The molecule has 0 saturated heterocycles. The Kier molecular flexibility index (Phi) is 21.6. The van der Waals surface area contributed by atoms with Crippen molar-refractivity contribution in [2.24, 2.45) is 0 Å². The first-order valence-corrected chi connectivity index (χ1v) is 26.3. The number of para-hydroxylation sites is 1. The van der Waals surface area contributed by atoms with Gasteiger partial charge in [-0.3, -0.25) is 29.0 Å². The molecule has 21 heteroatoms. The van der Waals surface area contributed by atoms with Gasteiger partial charge < -0.3 is 43.8 Å². The molecule has 0 aliphatic heterocycles. The molecule has 2 amide bonds. The molecule has 4 atom stereocenters. The number of amides is 2. The van der Waals surface area contributed by atoms with Gasteiger partial charge in [0.2, 0.25) is 10.0 Å². The van der Waals surface area contributed by atoms with Crippen LogP contribution in [0.1, 0.15) is 116 Å². The summed E-state index contributed by atoms with van der Waals surface area (Å²) in [6.07, 6.45) is 2.58. The van der Waals surface area contributed by atoms with E-state index in [-0.39, 0.29) is 62.8 Å². The number of nitrogens with one attached hydrogen (secondary N) is 2. The smallest absolute Gasteiger partial charge is 0.315 e. The number of nitrogens with zero attached hydrogens (tertiary/aromatic N) is 2. The van der Waals surface area contributed by atoms with E-state index in [9.17, 15) is 37.2 Å². The third-order valence-electron chi connectivity index (χ3n) is 11.9. The molecule has 2 saturated carbocycles. The highest BCUT2D eigenvalue weighted by Crippen LogP contribution is 2.53. The molecule has 394 valence electrons. The lowest BCUT2D eigenvalue weighted by Crippen LogP contribution is -2.59. The summed E-state index contributed by atoms with van der Waals surface area (Å²) in [5.74, 6) is -2.91. The predicted molar refractivity (Wildman–Crippen MR) is 263 cm³/mol. The number of rotatable bonds is 30. The molecule has 3 aromatic rings. The van der Waals surface area contributed by atoms with Gasteiger partial charge in [-0.25, -0.2) is 17.5 Å². The summed E-state index contributed by atoms with van der Waals surface area (Å²) >= 11 is 6.63. The van der Waals surface area contributed by atoms with E-state index in [0.717, 1.165) is 48.1 Å². The maximum atomic E-state index is 13.9. The normalized spacial score (nSPS) is 15.5. The molecule has 0 unspecified atom stereocenters. The maximum Gasteiger partial charge on any atom is 0.315 e. The number of sulfonamides is 1. The van der Waals surface area contributed by atoms with Crippen LogP contribution in [0.3, 0.4) is 0 Å². The van der Waals surface area contributed by atoms with Gasteiger partial charge in [0.05, 0.1) is 23.2 Å². The van der Waals surface area contributed by atoms with E-state index in [1.165, 1.54) is 50.3 Å². The van der Waals surface area contributed by atoms with E-state index in [0.29, 0.717) is 23.4 Å². The quantitative estimate of drug-likeness (QED) is 0.0385. The maximum absolute atomic E-state index is 13.9. The van der Waals surface area contributed by atoms with Crippen molar-refractivity contribution in [2.75, 3.05) is 33.4 Å². The van der Waals surface area contributed by atoms with Crippen LogP contribution in [0.25, 0.3) is 11.1 Å². The molecule has 1 aromatic heterocycles. The van der Waals surface area contributed by atoms with E-state index >= 15 is 0 Å². The van der Waals surface area contributed by atoms with Gasteiger partial charge in [0.1, 0.15) is 25.0 Å². The minimum atomic E-state index is -4.01. The molecule has 2 fully saturated rings. The zero-order chi connectivity index (χ0) is 52.4. The highest BCUT2D eigenvalue weighted by Gasteiger charge is 2.48. The fourth-order valence-electron chi connectivity index (χ4n) is 7.41. The van der Waals surface area contributed by atoms with E-state index in [1.807, 2.05) is 36.5 Å². The Labute approximate surface area is 426 Å². The largest absolute Gasteiger partial charge is 0.490 e. The number of hydrogen-bond donors (Lipinski definition) is 2. The third-order valence-corrected chi connectivity index (χ3v) is 14.1. The van der Waals surface area contributed by atoms with Crippen molar-refractivity contribution in [3.05, 3.63) is 77.1 Å². The number of benzene rings is 2. The van der Waals surface area contributed by atoms with Crippen LogP contribution < -0.4 is 15.4 Å². The van der Waals surface area contributed by atoms with Crippen molar-refractivity contribution >= 4 is 57.5 Å².